The molecular formula is C18H23FN4O2. The molecule has 0 unspecified atom stereocenters. The highest BCUT2D eigenvalue weighted by molar-refractivity contribution is 5.91. The first-order chi connectivity index (χ1) is 11.8. The minimum absolute atomic E-state index is 0.157. The Morgan fingerprint density at radius 2 is 2.20 bits per heavy atom. The first kappa shape index (κ1) is 17.5. The summed E-state index contributed by atoms with van der Waals surface area (Å²) in [7, 11) is 0. The van der Waals surface area contributed by atoms with Crippen LogP contribution >= 0.6 is 0 Å². The van der Waals surface area contributed by atoms with Crippen LogP contribution in [0.4, 0.5) is 10.1 Å². The lowest BCUT2D eigenvalue weighted by Gasteiger charge is -2.19. The molecule has 25 heavy (non-hydrogen) atoms. The molecule has 7 heteroatoms. The summed E-state index contributed by atoms with van der Waals surface area (Å²) in [6, 6.07) is 3.47. The zero-order valence-corrected chi connectivity index (χ0v) is 14.8. The Balaban J connectivity index is 1.61. The normalized spacial score (nSPS) is 14.2. The van der Waals surface area contributed by atoms with Crippen molar-refractivity contribution in [3.63, 3.8) is 0 Å². The second-order valence-electron chi connectivity index (χ2n) is 7.30. The van der Waals surface area contributed by atoms with Crippen molar-refractivity contribution in [3.8, 4) is 0 Å². The Bertz CT molecular complexity index is 780. The van der Waals surface area contributed by atoms with Gasteiger partial charge in [-0.1, -0.05) is 32.0 Å². The fourth-order valence-electron chi connectivity index (χ4n) is 2.72. The number of nitrogens with zero attached hydrogens (tertiary/aromatic N) is 2. The van der Waals surface area contributed by atoms with Gasteiger partial charge in [0.05, 0.1) is 5.69 Å². The molecule has 0 fully saturated rings. The van der Waals surface area contributed by atoms with Gasteiger partial charge in [-0.15, -0.1) is 0 Å². The van der Waals surface area contributed by atoms with Gasteiger partial charge in [0.15, 0.2) is 5.82 Å². The molecule has 1 aromatic carbocycles. The second-order valence-corrected chi connectivity index (χ2v) is 7.30. The van der Waals surface area contributed by atoms with Crippen molar-refractivity contribution in [3.05, 3.63) is 40.8 Å². The van der Waals surface area contributed by atoms with Gasteiger partial charge in [0, 0.05) is 24.8 Å². The molecule has 0 aliphatic carbocycles. The molecule has 2 heterocycles. The largest absolute Gasteiger partial charge is 0.339 e. The van der Waals surface area contributed by atoms with Crippen LogP contribution in [0.1, 0.15) is 50.0 Å². The number of carbonyl (C=O) groups excluding carboxylic acids is 1. The number of fused-ring (bicyclic) bond motifs is 1. The van der Waals surface area contributed by atoms with E-state index in [-0.39, 0.29) is 29.2 Å². The number of hydrogen-bond donors (Lipinski definition) is 2. The first-order valence-corrected chi connectivity index (χ1v) is 8.48. The molecule has 0 saturated carbocycles. The highest BCUT2D eigenvalue weighted by Crippen LogP contribution is 2.25. The molecule has 2 N–H and O–H groups in total. The van der Waals surface area contributed by atoms with Gasteiger partial charge in [-0.25, -0.2) is 4.39 Å². The highest BCUT2D eigenvalue weighted by Gasteiger charge is 2.21. The Kier molecular flexibility index (Phi) is 4.85. The maximum Gasteiger partial charge on any atom is 0.227 e. The fraction of sp³-hybridized carbons (Fsp3) is 0.500. The molecule has 1 amide bonds. The third-order valence-corrected chi connectivity index (χ3v) is 4.19. The fourth-order valence-corrected chi connectivity index (χ4v) is 2.72. The standard InChI is InChI=1S/C18H23FN4O2/c1-18(2,3)17-22-15(25-23-17)7-6-14(24)21-13-5-4-11-10-20-9-8-12(11)16(13)19/h4-5,20H,6-10H2,1-3H3,(H,21,24). The third kappa shape index (κ3) is 4.04. The molecular weight excluding hydrogens is 323 g/mol. The van der Waals surface area contributed by atoms with E-state index in [9.17, 15) is 9.18 Å². The number of halogens is 1. The van der Waals surface area contributed by atoms with E-state index in [0.717, 1.165) is 12.1 Å². The van der Waals surface area contributed by atoms with Crippen LogP contribution in [-0.2, 0) is 29.6 Å². The van der Waals surface area contributed by atoms with E-state index < -0.39 is 0 Å². The molecule has 0 atom stereocenters. The van der Waals surface area contributed by atoms with Crippen LogP contribution in [0.15, 0.2) is 16.7 Å². The summed E-state index contributed by atoms with van der Waals surface area (Å²) < 4.78 is 19.7. The van der Waals surface area contributed by atoms with Gasteiger partial charge < -0.3 is 15.2 Å². The van der Waals surface area contributed by atoms with Crippen molar-refractivity contribution < 1.29 is 13.7 Å². The Labute approximate surface area is 146 Å². The summed E-state index contributed by atoms with van der Waals surface area (Å²) in [5, 5.41) is 9.77. The molecule has 3 rings (SSSR count). The van der Waals surface area contributed by atoms with Crippen molar-refractivity contribution in [2.75, 3.05) is 11.9 Å². The van der Waals surface area contributed by atoms with Crippen LogP contribution in [0.2, 0.25) is 0 Å². The van der Waals surface area contributed by atoms with E-state index in [1.807, 2.05) is 26.8 Å². The highest BCUT2D eigenvalue weighted by atomic mass is 19.1. The molecule has 1 aliphatic rings. The zero-order valence-electron chi connectivity index (χ0n) is 14.8. The molecule has 0 saturated heterocycles. The van der Waals surface area contributed by atoms with Crippen LogP contribution in [0.5, 0.6) is 0 Å². The van der Waals surface area contributed by atoms with Crippen LogP contribution in [0, 0.1) is 5.82 Å². The van der Waals surface area contributed by atoms with Crippen molar-refractivity contribution in [2.24, 2.45) is 0 Å². The lowest BCUT2D eigenvalue weighted by Crippen LogP contribution is -2.25. The van der Waals surface area contributed by atoms with Gasteiger partial charge >= 0.3 is 0 Å². The molecule has 1 aliphatic heterocycles. The van der Waals surface area contributed by atoms with Gasteiger partial charge in [-0.05, 0) is 30.2 Å². The summed E-state index contributed by atoms with van der Waals surface area (Å²) in [5.74, 6) is 0.415. The second kappa shape index (κ2) is 6.92. The molecule has 0 bridgehead atoms. The van der Waals surface area contributed by atoms with E-state index in [2.05, 4.69) is 20.8 Å². The van der Waals surface area contributed by atoms with E-state index in [1.165, 1.54) is 0 Å². The minimum atomic E-state index is -0.333. The molecule has 1 aromatic heterocycles. The summed E-state index contributed by atoms with van der Waals surface area (Å²) >= 11 is 0. The Morgan fingerprint density at radius 1 is 1.40 bits per heavy atom. The SMILES string of the molecule is CC(C)(C)c1noc(CCC(=O)Nc2ccc3c(c2F)CCNC3)n1. The number of anilines is 1. The maximum absolute atomic E-state index is 14.5. The molecule has 134 valence electrons. The topological polar surface area (TPSA) is 80.0 Å². The maximum atomic E-state index is 14.5. The van der Waals surface area contributed by atoms with E-state index in [1.54, 1.807) is 6.07 Å². The van der Waals surface area contributed by atoms with E-state index >= 15 is 0 Å². The number of hydrogen-bond acceptors (Lipinski definition) is 5. The first-order valence-electron chi connectivity index (χ1n) is 8.48. The van der Waals surface area contributed by atoms with Crippen LogP contribution in [0.25, 0.3) is 0 Å². The summed E-state index contributed by atoms with van der Waals surface area (Å²) in [5.41, 5.74) is 1.66. The molecule has 2 aromatic rings. The lowest BCUT2D eigenvalue weighted by molar-refractivity contribution is -0.116. The Hall–Kier alpha value is -2.28. The quantitative estimate of drug-likeness (QED) is 0.890. The van der Waals surface area contributed by atoms with Gasteiger partial charge in [0.25, 0.3) is 0 Å². The van der Waals surface area contributed by atoms with Crippen molar-refractivity contribution >= 4 is 11.6 Å². The van der Waals surface area contributed by atoms with E-state index in [0.29, 0.717) is 36.7 Å². The number of carbonyl (C=O) groups is 1. The molecule has 6 nitrogen and oxygen atoms in total. The van der Waals surface area contributed by atoms with Gasteiger partial charge in [0.1, 0.15) is 5.82 Å². The summed E-state index contributed by atoms with van der Waals surface area (Å²) in [6.45, 7) is 7.37. The van der Waals surface area contributed by atoms with E-state index in [4.69, 9.17) is 4.52 Å². The number of amides is 1. The number of nitrogens with one attached hydrogen (secondary N) is 2. The minimum Gasteiger partial charge on any atom is -0.339 e. The molecule has 0 radical (unpaired) electrons. The van der Waals surface area contributed by atoms with Crippen molar-refractivity contribution in [1.29, 1.82) is 0 Å². The van der Waals surface area contributed by atoms with Crippen LogP contribution < -0.4 is 10.6 Å². The van der Waals surface area contributed by atoms with Crippen LogP contribution in [0.3, 0.4) is 0 Å². The smallest absolute Gasteiger partial charge is 0.227 e. The van der Waals surface area contributed by atoms with Gasteiger partial charge in [0.2, 0.25) is 11.8 Å². The monoisotopic (exact) mass is 346 g/mol. The predicted octanol–water partition coefficient (Wildman–Crippen LogP) is 2.72. The zero-order chi connectivity index (χ0) is 18.0. The van der Waals surface area contributed by atoms with Crippen molar-refractivity contribution in [1.82, 2.24) is 15.5 Å². The number of aryl methyl sites for hydroxylation is 1. The third-order valence-electron chi connectivity index (χ3n) is 4.19. The predicted molar refractivity (Wildman–Crippen MR) is 91.8 cm³/mol. The van der Waals surface area contributed by atoms with Crippen LogP contribution in [-0.4, -0.2) is 22.6 Å². The number of benzene rings is 1. The average molecular weight is 346 g/mol. The van der Waals surface area contributed by atoms with Crippen molar-refractivity contribution in [2.45, 2.75) is 52.0 Å². The summed E-state index contributed by atoms with van der Waals surface area (Å²) in [6.07, 6.45) is 1.11. The Morgan fingerprint density at radius 3 is 2.92 bits per heavy atom. The lowest BCUT2D eigenvalue weighted by atomic mass is 9.96. The van der Waals surface area contributed by atoms with Gasteiger partial charge in [-0.2, -0.15) is 4.98 Å². The average Bonchev–Trinajstić information content (AvgIpc) is 3.05. The summed E-state index contributed by atoms with van der Waals surface area (Å²) in [4.78, 5) is 16.4. The number of rotatable bonds is 4. The van der Waals surface area contributed by atoms with Gasteiger partial charge in [-0.3, -0.25) is 4.79 Å². The molecule has 0 spiro atoms. The number of aromatic nitrogens is 2.